The van der Waals surface area contributed by atoms with Gasteiger partial charge in [-0.1, -0.05) is 12.8 Å². The van der Waals surface area contributed by atoms with Gasteiger partial charge in [0.2, 0.25) is 5.91 Å². The van der Waals surface area contributed by atoms with E-state index in [1.54, 1.807) is 0 Å². The molecule has 0 unspecified atom stereocenters. The lowest BCUT2D eigenvalue weighted by molar-refractivity contribution is -0.118. The molecule has 0 spiro atoms. The van der Waals surface area contributed by atoms with Gasteiger partial charge in [-0.25, -0.2) is 0 Å². The number of nitrogens with two attached hydrogens (primary N) is 2. The van der Waals surface area contributed by atoms with E-state index in [1.165, 1.54) is 25.7 Å². The Bertz CT molecular complexity index is 178. The van der Waals surface area contributed by atoms with Gasteiger partial charge in [-0.2, -0.15) is 0 Å². The summed E-state index contributed by atoms with van der Waals surface area (Å²) in [6.07, 6.45) is 5.57. The van der Waals surface area contributed by atoms with E-state index < -0.39 is 0 Å². The summed E-state index contributed by atoms with van der Waals surface area (Å²) in [7, 11) is 0. The zero-order chi connectivity index (χ0) is 10.4. The van der Waals surface area contributed by atoms with Crippen molar-refractivity contribution >= 4 is 5.91 Å². The highest BCUT2D eigenvalue weighted by Gasteiger charge is 2.21. The van der Waals surface area contributed by atoms with Crippen LogP contribution in [-0.4, -0.2) is 36.5 Å². The van der Waals surface area contributed by atoms with Gasteiger partial charge >= 0.3 is 0 Å². The third kappa shape index (κ3) is 3.64. The Morgan fingerprint density at radius 3 is 2.43 bits per heavy atom. The average molecular weight is 199 g/mol. The number of carbonyl (C=O) groups excluding carboxylic acids is 1. The van der Waals surface area contributed by atoms with Crippen LogP contribution < -0.4 is 11.5 Å². The normalized spacial score (nSPS) is 17.9. The number of hydrogen-bond acceptors (Lipinski definition) is 3. The first-order valence-electron chi connectivity index (χ1n) is 5.46. The summed E-state index contributed by atoms with van der Waals surface area (Å²) in [5, 5.41) is 0. The minimum atomic E-state index is -0.218. The summed E-state index contributed by atoms with van der Waals surface area (Å²) in [5.74, 6) is -0.218. The molecule has 4 N–H and O–H groups in total. The van der Waals surface area contributed by atoms with Crippen LogP contribution in [0.1, 0.15) is 32.1 Å². The number of carbonyl (C=O) groups is 1. The summed E-state index contributed by atoms with van der Waals surface area (Å²) < 4.78 is 0. The Morgan fingerprint density at radius 1 is 1.29 bits per heavy atom. The molecule has 1 fully saturated rings. The third-order valence-electron chi connectivity index (χ3n) is 2.90. The minimum Gasteiger partial charge on any atom is -0.370 e. The zero-order valence-corrected chi connectivity index (χ0v) is 8.74. The topological polar surface area (TPSA) is 72.3 Å². The molecule has 1 amide bonds. The van der Waals surface area contributed by atoms with E-state index >= 15 is 0 Å². The molecule has 1 saturated carbocycles. The Balaban J connectivity index is 2.33. The van der Waals surface area contributed by atoms with Crippen molar-refractivity contribution in [2.24, 2.45) is 11.5 Å². The van der Waals surface area contributed by atoms with Gasteiger partial charge in [0.05, 0.1) is 0 Å². The number of amides is 1. The van der Waals surface area contributed by atoms with Crippen LogP contribution >= 0.6 is 0 Å². The maximum Gasteiger partial charge on any atom is 0.218 e. The van der Waals surface area contributed by atoms with Crippen LogP contribution in [0.25, 0.3) is 0 Å². The van der Waals surface area contributed by atoms with E-state index in [-0.39, 0.29) is 5.91 Å². The molecule has 0 radical (unpaired) electrons. The molecule has 0 saturated heterocycles. The smallest absolute Gasteiger partial charge is 0.218 e. The minimum absolute atomic E-state index is 0.218. The Labute approximate surface area is 85.6 Å². The van der Waals surface area contributed by atoms with Gasteiger partial charge in [-0.3, -0.25) is 9.69 Å². The van der Waals surface area contributed by atoms with E-state index in [2.05, 4.69) is 4.90 Å². The van der Waals surface area contributed by atoms with Gasteiger partial charge in [0.15, 0.2) is 0 Å². The summed E-state index contributed by atoms with van der Waals surface area (Å²) in [6, 6.07) is 0.637. The molecule has 0 atom stereocenters. The largest absolute Gasteiger partial charge is 0.370 e. The highest BCUT2D eigenvalue weighted by molar-refractivity contribution is 5.73. The van der Waals surface area contributed by atoms with E-state index in [0.29, 0.717) is 19.0 Å². The van der Waals surface area contributed by atoms with Crippen molar-refractivity contribution < 1.29 is 4.79 Å². The lowest BCUT2D eigenvalue weighted by atomic mass is 10.2. The molecule has 1 aliphatic carbocycles. The Kier molecular flexibility index (Phi) is 4.90. The van der Waals surface area contributed by atoms with Crippen LogP contribution in [0.4, 0.5) is 0 Å². The molecule has 0 aromatic heterocycles. The quantitative estimate of drug-likeness (QED) is 0.635. The maximum atomic E-state index is 10.7. The van der Waals surface area contributed by atoms with Crippen molar-refractivity contribution in [2.75, 3.05) is 19.6 Å². The van der Waals surface area contributed by atoms with E-state index in [9.17, 15) is 4.79 Å². The lowest BCUT2D eigenvalue weighted by Crippen LogP contribution is -2.39. The molecule has 1 rings (SSSR count). The van der Waals surface area contributed by atoms with Crippen LogP contribution in [0.2, 0.25) is 0 Å². The second-order valence-corrected chi connectivity index (χ2v) is 3.98. The fourth-order valence-electron chi connectivity index (χ4n) is 2.17. The Morgan fingerprint density at radius 2 is 1.93 bits per heavy atom. The summed E-state index contributed by atoms with van der Waals surface area (Å²) >= 11 is 0. The summed E-state index contributed by atoms with van der Waals surface area (Å²) in [5.41, 5.74) is 10.7. The first kappa shape index (κ1) is 11.5. The van der Waals surface area contributed by atoms with Crippen molar-refractivity contribution in [3.05, 3.63) is 0 Å². The first-order chi connectivity index (χ1) is 6.74. The molecule has 0 aromatic carbocycles. The molecule has 0 aromatic rings. The summed E-state index contributed by atoms with van der Waals surface area (Å²) in [6.45, 7) is 2.32. The zero-order valence-electron chi connectivity index (χ0n) is 8.74. The molecule has 82 valence electrons. The van der Waals surface area contributed by atoms with Crippen molar-refractivity contribution in [1.82, 2.24) is 4.90 Å². The van der Waals surface area contributed by atoms with Gasteiger partial charge in [0.25, 0.3) is 0 Å². The van der Waals surface area contributed by atoms with Crippen molar-refractivity contribution in [1.29, 1.82) is 0 Å². The number of hydrogen-bond donors (Lipinski definition) is 2. The van der Waals surface area contributed by atoms with Crippen molar-refractivity contribution in [3.8, 4) is 0 Å². The first-order valence-corrected chi connectivity index (χ1v) is 5.46. The van der Waals surface area contributed by atoms with Gasteiger partial charge in [-0.05, 0) is 12.8 Å². The predicted octanol–water partition coefficient (Wildman–Crippen LogP) is 0.0651. The number of rotatable bonds is 6. The third-order valence-corrected chi connectivity index (χ3v) is 2.90. The molecule has 14 heavy (non-hydrogen) atoms. The highest BCUT2D eigenvalue weighted by Crippen LogP contribution is 2.23. The van der Waals surface area contributed by atoms with Crippen molar-refractivity contribution in [3.63, 3.8) is 0 Å². The van der Waals surface area contributed by atoms with Crippen molar-refractivity contribution in [2.45, 2.75) is 38.1 Å². The monoisotopic (exact) mass is 199 g/mol. The lowest BCUT2D eigenvalue weighted by Gasteiger charge is -2.27. The summed E-state index contributed by atoms with van der Waals surface area (Å²) in [4.78, 5) is 13.0. The van der Waals surface area contributed by atoms with Gasteiger partial charge < -0.3 is 11.5 Å². The molecule has 0 aliphatic heterocycles. The molecular formula is C10H21N3O. The van der Waals surface area contributed by atoms with Crippen LogP contribution in [0.3, 0.4) is 0 Å². The molecule has 4 nitrogen and oxygen atoms in total. The average Bonchev–Trinajstić information content (AvgIpc) is 2.64. The Hall–Kier alpha value is -0.610. The molecule has 1 aliphatic rings. The number of primary amides is 1. The second kappa shape index (κ2) is 5.98. The van der Waals surface area contributed by atoms with E-state index in [0.717, 1.165) is 13.1 Å². The molecule has 0 bridgehead atoms. The van der Waals surface area contributed by atoms with Gasteiger partial charge in [-0.15, -0.1) is 0 Å². The van der Waals surface area contributed by atoms with Crippen LogP contribution in [0.15, 0.2) is 0 Å². The predicted molar refractivity (Wildman–Crippen MR) is 56.7 cm³/mol. The van der Waals surface area contributed by atoms with Gasteiger partial charge in [0.1, 0.15) is 0 Å². The van der Waals surface area contributed by atoms with Crippen LogP contribution in [0, 0.1) is 0 Å². The second-order valence-electron chi connectivity index (χ2n) is 3.98. The fourth-order valence-corrected chi connectivity index (χ4v) is 2.17. The van der Waals surface area contributed by atoms with E-state index in [1.807, 2.05) is 0 Å². The van der Waals surface area contributed by atoms with Crippen LogP contribution in [-0.2, 0) is 4.79 Å². The molecule has 0 heterocycles. The highest BCUT2D eigenvalue weighted by atomic mass is 16.1. The SMILES string of the molecule is NCCN(CCC(N)=O)C1CCCC1. The van der Waals surface area contributed by atoms with Gasteiger partial charge in [0, 0.05) is 32.1 Å². The maximum absolute atomic E-state index is 10.7. The standard InChI is InChI=1S/C10H21N3O/c11-6-8-13(7-5-10(12)14)9-3-1-2-4-9/h9H,1-8,11H2,(H2,12,14). The number of nitrogens with zero attached hydrogens (tertiary/aromatic N) is 1. The van der Waals surface area contributed by atoms with Crippen LogP contribution in [0.5, 0.6) is 0 Å². The molecule has 4 heteroatoms. The fraction of sp³-hybridized carbons (Fsp3) is 0.900. The van der Waals surface area contributed by atoms with E-state index in [4.69, 9.17) is 11.5 Å². The molecular weight excluding hydrogens is 178 g/mol.